The van der Waals surface area contributed by atoms with Gasteiger partial charge in [0.1, 0.15) is 58.3 Å². The summed E-state index contributed by atoms with van der Waals surface area (Å²) in [5.41, 5.74) is -0.0411. The minimum atomic E-state index is -2.24. The van der Waals surface area contributed by atoms with E-state index in [1.54, 1.807) is 0 Å². The molecule has 3 aliphatic heterocycles. The molecule has 22 nitrogen and oxygen atoms in total. The number of carbonyl (C=O) groups is 7. The summed E-state index contributed by atoms with van der Waals surface area (Å²) in [5, 5.41) is 99.8. The highest BCUT2D eigenvalue weighted by Gasteiger charge is 2.49. The van der Waals surface area contributed by atoms with E-state index in [1.165, 1.54) is 73.0 Å². The minimum Gasteiger partial charge on any atom is -0.508 e. The van der Waals surface area contributed by atoms with Gasteiger partial charge in [-0.2, -0.15) is 0 Å². The van der Waals surface area contributed by atoms with Crippen molar-refractivity contribution in [1.82, 2.24) is 36.4 Å². The number of fused-ring (bicyclic) bond motifs is 2. The number of aliphatic hydroxyl groups excluding tert-OH is 7. The van der Waals surface area contributed by atoms with Crippen molar-refractivity contribution in [3.05, 3.63) is 54.1 Å². The molecule has 13 N–H and O–H groups in total. The number of aliphatic hydroxyl groups is 7. The van der Waals surface area contributed by atoms with Crippen LogP contribution < -0.4 is 26.6 Å². The van der Waals surface area contributed by atoms with E-state index in [0.29, 0.717) is 12.8 Å². The normalized spacial score (nSPS) is 28.6. The van der Waals surface area contributed by atoms with Crippen LogP contribution in [0.5, 0.6) is 5.75 Å². The number of benzene rings is 1. The smallest absolute Gasteiger partial charge is 0.249 e. The van der Waals surface area contributed by atoms with Crippen LogP contribution >= 0.6 is 22.6 Å². The molecule has 1 aromatic rings. The molecule has 0 saturated carbocycles. The number of β-amino-alcohol motifs (C(OH)–C–C–N with tert-alkyl or cyclic N) is 1. The first kappa shape index (κ1) is 61.8. The summed E-state index contributed by atoms with van der Waals surface area (Å²) < 4.78 is -1.70. The molecule has 4 rings (SSSR count). The maximum absolute atomic E-state index is 14.3. The highest BCUT2D eigenvalue weighted by Crippen LogP contribution is 2.28. The van der Waals surface area contributed by atoms with Gasteiger partial charge in [-0.1, -0.05) is 82.4 Å². The Morgan fingerprint density at radius 1 is 0.730 bits per heavy atom. The van der Waals surface area contributed by atoms with Crippen LogP contribution in [0.25, 0.3) is 0 Å². The van der Waals surface area contributed by atoms with Crippen molar-refractivity contribution in [2.75, 3.05) is 19.6 Å². The van der Waals surface area contributed by atoms with Crippen molar-refractivity contribution in [1.29, 1.82) is 0 Å². The Labute approximate surface area is 445 Å². The number of alkyl halides is 1. The van der Waals surface area contributed by atoms with Crippen LogP contribution in [-0.2, 0) is 33.6 Å². The topological polar surface area (TPSA) is 348 Å². The Morgan fingerprint density at radius 3 is 1.96 bits per heavy atom. The fourth-order valence-corrected chi connectivity index (χ4v) is 9.72. The van der Waals surface area contributed by atoms with Gasteiger partial charge in [-0.3, -0.25) is 33.6 Å². The SMILES string of the molecule is CCCCC/C=C\C/C=C\CCCCCCCC(=O)NC1C[C@@H](O)CNC(=O)[C@@H]2[C@@H](O)[C@@H](C)CN2C(=O)[C@H]([C@@H](C)O)NC(=O)[C@H]([C@H](O)[C@@H](O)c2ccc(O)cc2)NC(=O)[C@@H]2C[C@@H](O)CN2C(=O)[C@H]([C@H](O)I)NC1=O. The molecule has 3 saturated heterocycles. The fourth-order valence-electron chi connectivity index (χ4n) is 9.23. The molecule has 3 aliphatic rings. The van der Waals surface area contributed by atoms with Crippen LogP contribution in [-0.4, -0.2) is 183 Å². The van der Waals surface area contributed by atoms with Crippen molar-refractivity contribution in [2.24, 2.45) is 5.92 Å². The van der Waals surface area contributed by atoms with Crippen molar-refractivity contribution in [2.45, 2.75) is 188 Å². The zero-order valence-electron chi connectivity index (χ0n) is 42.4. The Hall–Kier alpha value is -4.76. The van der Waals surface area contributed by atoms with Crippen LogP contribution in [0, 0.1) is 5.92 Å². The van der Waals surface area contributed by atoms with Crippen LogP contribution in [0.3, 0.4) is 0 Å². The zero-order chi connectivity index (χ0) is 54.6. The third kappa shape index (κ3) is 18.2. The average molecular weight is 1160 g/mol. The average Bonchev–Trinajstić information content (AvgIpc) is 3.90. The molecule has 414 valence electrons. The number of hydrogen-bond donors (Lipinski definition) is 13. The highest BCUT2D eigenvalue weighted by molar-refractivity contribution is 14.1. The third-order valence-corrected chi connectivity index (χ3v) is 14.3. The lowest BCUT2D eigenvalue weighted by Gasteiger charge is -2.34. The van der Waals surface area contributed by atoms with Gasteiger partial charge in [-0.25, -0.2) is 0 Å². The van der Waals surface area contributed by atoms with Crippen molar-refractivity contribution in [3.8, 4) is 5.75 Å². The zero-order valence-corrected chi connectivity index (χ0v) is 44.6. The lowest BCUT2D eigenvalue weighted by atomic mass is 9.96. The minimum absolute atomic E-state index is 0.00504. The van der Waals surface area contributed by atoms with Crippen molar-refractivity contribution < 1.29 is 74.4 Å². The number of unbranched alkanes of at least 4 members (excludes halogenated alkanes) is 8. The van der Waals surface area contributed by atoms with Crippen LogP contribution in [0.2, 0.25) is 0 Å². The summed E-state index contributed by atoms with van der Waals surface area (Å²) in [6, 6.07) is -6.01. The fraction of sp³-hybridized carbons (Fsp3) is 0.667. The molecule has 7 amide bonds. The number of rotatable bonds is 20. The number of aromatic hydroxyl groups is 1. The molecular formula is C51H78IN7O15. The first-order valence-corrected chi connectivity index (χ1v) is 27.0. The lowest BCUT2D eigenvalue weighted by Crippen LogP contribution is -2.64. The van der Waals surface area contributed by atoms with Gasteiger partial charge in [0.2, 0.25) is 41.4 Å². The van der Waals surface area contributed by atoms with E-state index in [1.807, 2.05) is 0 Å². The van der Waals surface area contributed by atoms with Crippen molar-refractivity contribution in [3.63, 3.8) is 0 Å². The first-order valence-electron chi connectivity index (χ1n) is 25.7. The summed E-state index contributed by atoms with van der Waals surface area (Å²) in [6.07, 6.45) is 7.85. The van der Waals surface area contributed by atoms with Crippen LogP contribution in [0.1, 0.15) is 122 Å². The number of nitrogens with one attached hydrogen (secondary N) is 5. The van der Waals surface area contributed by atoms with E-state index < -0.39 is 150 Å². The molecular weight excluding hydrogens is 1080 g/mol. The molecule has 1 unspecified atom stereocenters. The summed E-state index contributed by atoms with van der Waals surface area (Å²) in [7, 11) is 0. The first-order chi connectivity index (χ1) is 35.2. The maximum Gasteiger partial charge on any atom is 0.249 e. The van der Waals surface area contributed by atoms with Gasteiger partial charge < -0.3 is 77.2 Å². The summed E-state index contributed by atoms with van der Waals surface area (Å²) in [4.78, 5) is 100. The monoisotopic (exact) mass is 1160 g/mol. The molecule has 0 aliphatic carbocycles. The van der Waals surface area contributed by atoms with E-state index in [4.69, 9.17) is 0 Å². The maximum atomic E-state index is 14.3. The molecule has 3 heterocycles. The molecule has 3 fully saturated rings. The lowest BCUT2D eigenvalue weighted by molar-refractivity contribution is -0.147. The predicted octanol–water partition coefficient (Wildman–Crippen LogP) is -0.276. The predicted molar refractivity (Wildman–Crippen MR) is 278 cm³/mol. The Kier molecular flexibility index (Phi) is 25.6. The molecule has 74 heavy (non-hydrogen) atoms. The standard InChI is InChI=1S/C51H78IN7O15/c1-4-5-6-7-8-9-10-11-12-13-14-15-16-17-18-19-37(64)54-35-24-33(62)26-53-49(72)41-42(65)29(2)27-59(41)50(73)38(30(3)60)55-48(71)39(44(67)43(66)31-20-22-32(61)23-21-31)56-47(70)36-25-34(63)28-58(36)51(74)40(45(52)68)57-46(35)69/h8-9,11-12,20-23,29-30,33-36,38-45,60-63,65-68H,4-7,10,13-19,24-28H2,1-3H3,(H,53,72)(H,54,64)(H,55,71)(H,56,70)(H,57,69)/b9-8-,12-11-/t29-,30+,33+,34+,35?,36-,38-,39-,40-,41-,42-,43-,44-,45-/m0/s1. The van der Waals surface area contributed by atoms with Gasteiger partial charge in [-0.15, -0.1) is 0 Å². The number of carbonyl (C=O) groups excluding carboxylic acids is 7. The van der Waals surface area contributed by atoms with E-state index >= 15 is 0 Å². The van der Waals surface area contributed by atoms with E-state index in [2.05, 4.69) is 57.8 Å². The largest absolute Gasteiger partial charge is 0.508 e. The van der Waals surface area contributed by atoms with E-state index in [9.17, 15) is 74.4 Å². The van der Waals surface area contributed by atoms with Gasteiger partial charge in [0.05, 0.1) is 24.4 Å². The Balaban J connectivity index is 1.59. The molecule has 0 aromatic heterocycles. The summed E-state index contributed by atoms with van der Waals surface area (Å²) in [6.45, 7) is 3.48. The van der Waals surface area contributed by atoms with Gasteiger partial charge in [0.25, 0.3) is 0 Å². The number of phenols is 1. The Bertz CT molecular complexity index is 2080. The van der Waals surface area contributed by atoms with Gasteiger partial charge in [0, 0.05) is 44.8 Å². The molecule has 0 spiro atoms. The van der Waals surface area contributed by atoms with Gasteiger partial charge in [-0.05, 0) is 85.7 Å². The van der Waals surface area contributed by atoms with E-state index in [-0.39, 0.29) is 24.3 Å². The summed E-state index contributed by atoms with van der Waals surface area (Å²) >= 11 is 1.44. The number of allylic oxidation sites excluding steroid dienone is 4. The van der Waals surface area contributed by atoms with E-state index in [0.717, 1.165) is 55.2 Å². The number of nitrogens with zero attached hydrogens (tertiary/aromatic N) is 2. The molecule has 0 bridgehead atoms. The number of halogens is 1. The second-order valence-electron chi connectivity index (χ2n) is 19.6. The summed E-state index contributed by atoms with van der Waals surface area (Å²) in [5.74, 6) is -8.24. The molecule has 0 radical (unpaired) electrons. The Morgan fingerprint density at radius 2 is 1.32 bits per heavy atom. The second-order valence-corrected chi connectivity index (χ2v) is 20.9. The molecule has 23 heteroatoms. The number of phenolic OH excluding ortho intramolecular Hbond substituents is 1. The van der Waals surface area contributed by atoms with Crippen LogP contribution in [0.4, 0.5) is 0 Å². The van der Waals surface area contributed by atoms with Gasteiger partial charge >= 0.3 is 0 Å². The number of hydrogen-bond acceptors (Lipinski definition) is 15. The quantitative estimate of drug-likeness (QED) is 0.0346. The molecule has 1 aromatic carbocycles. The van der Waals surface area contributed by atoms with Crippen LogP contribution in [0.15, 0.2) is 48.6 Å². The van der Waals surface area contributed by atoms with Crippen molar-refractivity contribution >= 4 is 63.9 Å². The second kappa shape index (κ2) is 30.7. The van der Waals surface area contributed by atoms with Gasteiger partial charge in [0.15, 0.2) is 0 Å². The molecule has 14 atom stereocenters. The highest BCUT2D eigenvalue weighted by atomic mass is 127. The third-order valence-electron chi connectivity index (χ3n) is 13.5. The number of amides is 7.